The molecule has 4 nitrogen and oxygen atoms in total. The molecule has 0 bridgehead atoms. The van der Waals surface area contributed by atoms with Crippen LogP contribution >= 0.6 is 11.3 Å². The Balaban J connectivity index is 1.82. The molecule has 0 radical (unpaired) electrons. The number of carbonyl (C=O) groups is 1. The second-order valence-electron chi connectivity index (χ2n) is 5.03. The van der Waals surface area contributed by atoms with Crippen molar-refractivity contribution in [2.75, 3.05) is 0 Å². The highest BCUT2D eigenvalue weighted by molar-refractivity contribution is 7.17. The summed E-state index contributed by atoms with van der Waals surface area (Å²) in [5.74, 6) is -1.76. The number of nitrogens with zero attached hydrogens (tertiary/aromatic N) is 2. The van der Waals surface area contributed by atoms with Gasteiger partial charge in [0.1, 0.15) is 21.5 Å². The number of carbonyl (C=O) groups excluding carboxylic acids is 1. The summed E-state index contributed by atoms with van der Waals surface area (Å²) in [7, 11) is 0. The number of amides is 1. The first-order valence-corrected chi connectivity index (χ1v) is 7.98. The fraction of sp³-hybridized carbons (Fsp3) is 0.118. The van der Waals surface area contributed by atoms with Gasteiger partial charge in [0.25, 0.3) is 5.91 Å². The van der Waals surface area contributed by atoms with Crippen molar-refractivity contribution in [2.45, 2.75) is 13.5 Å². The lowest BCUT2D eigenvalue weighted by Crippen LogP contribution is -2.23. The van der Waals surface area contributed by atoms with E-state index in [1.807, 2.05) is 6.07 Å². The van der Waals surface area contributed by atoms with Crippen LogP contribution in [0.1, 0.15) is 21.1 Å². The third-order valence-electron chi connectivity index (χ3n) is 3.34. The molecule has 3 aromatic rings. The molecule has 0 unspecified atom stereocenters. The molecule has 2 aromatic heterocycles. The van der Waals surface area contributed by atoms with Gasteiger partial charge in [0, 0.05) is 6.20 Å². The number of halogens is 2. The number of aromatic nitrogens is 2. The molecule has 1 amide bonds. The van der Waals surface area contributed by atoms with E-state index in [2.05, 4.69) is 15.3 Å². The van der Waals surface area contributed by atoms with Crippen molar-refractivity contribution in [3.63, 3.8) is 0 Å². The summed E-state index contributed by atoms with van der Waals surface area (Å²) in [6.45, 7) is 1.90. The van der Waals surface area contributed by atoms with Crippen LogP contribution < -0.4 is 5.32 Å². The van der Waals surface area contributed by atoms with E-state index in [1.165, 1.54) is 6.07 Å². The predicted molar refractivity (Wildman–Crippen MR) is 87.6 cm³/mol. The summed E-state index contributed by atoms with van der Waals surface area (Å²) in [6, 6.07) is 9.01. The Morgan fingerprint density at radius 1 is 1.17 bits per heavy atom. The van der Waals surface area contributed by atoms with Gasteiger partial charge in [-0.05, 0) is 31.2 Å². The molecule has 0 saturated heterocycles. The molecule has 1 N–H and O–H groups in total. The van der Waals surface area contributed by atoms with Crippen LogP contribution in [0, 0.1) is 18.6 Å². The molecule has 0 aliphatic rings. The van der Waals surface area contributed by atoms with Crippen LogP contribution in [0.25, 0.3) is 10.6 Å². The van der Waals surface area contributed by atoms with Crippen molar-refractivity contribution >= 4 is 17.2 Å². The van der Waals surface area contributed by atoms with E-state index in [1.54, 1.807) is 25.3 Å². The molecule has 122 valence electrons. The molecule has 3 rings (SSSR count). The lowest BCUT2D eigenvalue weighted by atomic mass is 10.2. The minimum Gasteiger partial charge on any atom is -0.346 e. The van der Waals surface area contributed by atoms with Gasteiger partial charge in [0.05, 0.1) is 23.5 Å². The number of rotatable bonds is 4. The second kappa shape index (κ2) is 6.84. The molecule has 0 atom stereocenters. The summed E-state index contributed by atoms with van der Waals surface area (Å²) in [6.07, 6.45) is 1.64. The van der Waals surface area contributed by atoms with Gasteiger partial charge in [-0.3, -0.25) is 9.78 Å². The van der Waals surface area contributed by atoms with E-state index in [4.69, 9.17) is 0 Å². The minimum atomic E-state index is -0.704. The van der Waals surface area contributed by atoms with Crippen LogP contribution in [0.15, 0.2) is 42.6 Å². The summed E-state index contributed by atoms with van der Waals surface area (Å²) >= 11 is 0.961. The zero-order valence-electron chi connectivity index (χ0n) is 12.7. The number of benzene rings is 1. The lowest BCUT2D eigenvalue weighted by Gasteiger charge is -2.03. The van der Waals surface area contributed by atoms with Gasteiger partial charge in [-0.25, -0.2) is 13.8 Å². The van der Waals surface area contributed by atoms with Gasteiger partial charge in [0.15, 0.2) is 0 Å². The Hall–Kier alpha value is -2.67. The van der Waals surface area contributed by atoms with Crippen molar-refractivity contribution in [1.82, 2.24) is 15.3 Å². The first-order valence-electron chi connectivity index (χ1n) is 7.16. The predicted octanol–water partition coefficient (Wildman–Crippen LogP) is 3.72. The average molecular weight is 345 g/mol. The molecule has 7 heteroatoms. The molecule has 0 spiro atoms. The first-order chi connectivity index (χ1) is 11.6. The Morgan fingerprint density at radius 2 is 1.92 bits per heavy atom. The Kier molecular flexibility index (Phi) is 4.61. The van der Waals surface area contributed by atoms with Crippen LogP contribution in [0.2, 0.25) is 0 Å². The maximum absolute atomic E-state index is 13.9. The highest BCUT2D eigenvalue weighted by Gasteiger charge is 2.20. The van der Waals surface area contributed by atoms with E-state index in [-0.39, 0.29) is 23.0 Å². The molecule has 24 heavy (non-hydrogen) atoms. The zero-order valence-corrected chi connectivity index (χ0v) is 13.5. The van der Waals surface area contributed by atoms with E-state index in [0.717, 1.165) is 23.5 Å². The number of pyridine rings is 1. The van der Waals surface area contributed by atoms with Crippen molar-refractivity contribution in [3.05, 3.63) is 70.5 Å². The zero-order chi connectivity index (χ0) is 17.1. The quantitative estimate of drug-likeness (QED) is 0.784. The van der Waals surface area contributed by atoms with Crippen LogP contribution in [0.3, 0.4) is 0 Å². The lowest BCUT2D eigenvalue weighted by molar-refractivity contribution is 0.0953. The number of hydrogen-bond acceptors (Lipinski definition) is 4. The molecule has 0 aliphatic carbocycles. The first kappa shape index (κ1) is 16.2. The van der Waals surface area contributed by atoms with Gasteiger partial charge in [-0.15, -0.1) is 11.3 Å². The highest BCUT2D eigenvalue weighted by atomic mass is 32.1. The molecule has 1 aromatic carbocycles. The third-order valence-corrected chi connectivity index (χ3v) is 4.51. The van der Waals surface area contributed by atoms with Crippen LogP contribution in [-0.4, -0.2) is 15.9 Å². The van der Waals surface area contributed by atoms with E-state index >= 15 is 0 Å². The van der Waals surface area contributed by atoms with Crippen LogP contribution in [-0.2, 0) is 6.54 Å². The number of thiazole rings is 1. The number of nitrogens with one attached hydrogen (secondary N) is 1. The van der Waals surface area contributed by atoms with E-state index in [9.17, 15) is 13.6 Å². The van der Waals surface area contributed by atoms with Gasteiger partial charge in [0.2, 0.25) is 0 Å². The molecule has 0 saturated carbocycles. The fourth-order valence-electron chi connectivity index (χ4n) is 2.17. The maximum Gasteiger partial charge on any atom is 0.263 e. The smallest absolute Gasteiger partial charge is 0.263 e. The van der Waals surface area contributed by atoms with Crippen molar-refractivity contribution in [3.8, 4) is 10.6 Å². The van der Waals surface area contributed by atoms with E-state index < -0.39 is 11.6 Å². The van der Waals surface area contributed by atoms with Crippen molar-refractivity contribution in [2.24, 2.45) is 0 Å². The van der Waals surface area contributed by atoms with Gasteiger partial charge in [-0.1, -0.05) is 12.1 Å². The highest BCUT2D eigenvalue weighted by Crippen LogP contribution is 2.31. The number of hydrogen-bond donors (Lipinski definition) is 1. The SMILES string of the molecule is Cc1nc(-c2c(F)cccc2F)sc1C(=O)NCc1ccccn1. The molecular weight excluding hydrogens is 332 g/mol. The molecule has 0 fully saturated rings. The van der Waals surface area contributed by atoms with Gasteiger partial charge < -0.3 is 5.32 Å². The Morgan fingerprint density at radius 3 is 2.58 bits per heavy atom. The van der Waals surface area contributed by atoms with E-state index in [0.29, 0.717) is 16.3 Å². The van der Waals surface area contributed by atoms with Crippen molar-refractivity contribution < 1.29 is 13.6 Å². The molecule has 2 heterocycles. The third kappa shape index (κ3) is 3.30. The van der Waals surface area contributed by atoms with Crippen LogP contribution in [0.4, 0.5) is 8.78 Å². The Labute approximate surface area is 141 Å². The van der Waals surface area contributed by atoms with Crippen LogP contribution in [0.5, 0.6) is 0 Å². The van der Waals surface area contributed by atoms with Gasteiger partial charge >= 0.3 is 0 Å². The summed E-state index contributed by atoms with van der Waals surface area (Å²) in [5, 5.41) is 2.88. The Bertz CT molecular complexity index is 861. The minimum absolute atomic E-state index is 0.145. The topological polar surface area (TPSA) is 54.9 Å². The van der Waals surface area contributed by atoms with Gasteiger partial charge in [-0.2, -0.15) is 0 Å². The summed E-state index contributed by atoms with van der Waals surface area (Å²) in [4.78, 5) is 20.9. The largest absolute Gasteiger partial charge is 0.346 e. The second-order valence-corrected chi connectivity index (χ2v) is 6.03. The monoisotopic (exact) mass is 345 g/mol. The fourth-order valence-corrected chi connectivity index (χ4v) is 3.20. The molecular formula is C17H13F2N3OS. The summed E-state index contributed by atoms with van der Waals surface area (Å²) in [5.41, 5.74) is 0.930. The average Bonchev–Trinajstić information content (AvgIpc) is 2.95. The standard InChI is InChI=1S/C17H13F2N3OS/c1-10-15(16(23)21-9-11-5-2-3-8-20-11)24-17(22-10)14-12(18)6-4-7-13(14)19/h2-8H,9H2,1H3,(H,21,23). The summed E-state index contributed by atoms with van der Waals surface area (Å²) < 4.78 is 27.7. The molecule has 0 aliphatic heterocycles. The number of aryl methyl sites for hydroxylation is 1. The maximum atomic E-state index is 13.9. The van der Waals surface area contributed by atoms with Crippen molar-refractivity contribution in [1.29, 1.82) is 0 Å². The normalized spacial score (nSPS) is 10.6.